The molecule has 1 aliphatic rings. The molecule has 1 aromatic carbocycles. The van der Waals surface area contributed by atoms with E-state index < -0.39 is 11.7 Å². The van der Waals surface area contributed by atoms with E-state index in [0.717, 1.165) is 10.7 Å². The topological polar surface area (TPSA) is 71.1 Å². The van der Waals surface area contributed by atoms with E-state index in [1.54, 1.807) is 6.07 Å². The zero-order chi connectivity index (χ0) is 15.7. The van der Waals surface area contributed by atoms with E-state index in [0.29, 0.717) is 17.8 Å². The van der Waals surface area contributed by atoms with Gasteiger partial charge in [-0.15, -0.1) is 11.3 Å². The van der Waals surface area contributed by atoms with Crippen molar-refractivity contribution in [3.63, 3.8) is 0 Å². The Hall–Kier alpha value is -2.28. The normalized spacial score (nSPS) is 16.8. The van der Waals surface area contributed by atoms with E-state index in [2.05, 4.69) is 15.6 Å². The quantitative estimate of drug-likeness (QED) is 0.912. The standard InChI is InChI=1S/C15H14FN3O2S/c1-8-7-22-14(18-8)6-17-15(21)11-5-13(20)19-12-4-9(16)2-3-10(11)12/h2-4,7,11H,5-6H2,1H3,(H,17,21)(H,19,20)/t11-/m0/s1. The van der Waals surface area contributed by atoms with Gasteiger partial charge < -0.3 is 10.6 Å². The van der Waals surface area contributed by atoms with Crippen molar-refractivity contribution in [2.24, 2.45) is 0 Å². The number of fused-ring (bicyclic) bond motifs is 1. The Morgan fingerprint density at radius 3 is 3.09 bits per heavy atom. The van der Waals surface area contributed by atoms with Crippen LogP contribution in [0.1, 0.15) is 28.6 Å². The molecule has 0 fully saturated rings. The highest BCUT2D eigenvalue weighted by Gasteiger charge is 2.30. The van der Waals surface area contributed by atoms with Crippen LogP contribution in [0.3, 0.4) is 0 Å². The van der Waals surface area contributed by atoms with Gasteiger partial charge in [0.25, 0.3) is 0 Å². The molecule has 1 aromatic heterocycles. The first-order valence-corrected chi connectivity index (χ1v) is 7.69. The number of carbonyl (C=O) groups is 2. The summed E-state index contributed by atoms with van der Waals surface area (Å²) >= 11 is 1.47. The molecule has 3 rings (SSSR count). The largest absolute Gasteiger partial charge is 0.349 e. The minimum Gasteiger partial charge on any atom is -0.349 e. The summed E-state index contributed by atoms with van der Waals surface area (Å²) in [6.45, 7) is 2.21. The summed E-state index contributed by atoms with van der Waals surface area (Å²) in [7, 11) is 0. The Bertz CT molecular complexity index is 744. The molecule has 5 nitrogen and oxygen atoms in total. The summed E-state index contributed by atoms with van der Waals surface area (Å²) in [4.78, 5) is 28.3. The molecule has 0 bridgehead atoms. The zero-order valence-corrected chi connectivity index (χ0v) is 12.7. The van der Waals surface area contributed by atoms with Crippen LogP contribution in [0.5, 0.6) is 0 Å². The minimum absolute atomic E-state index is 0.0569. The number of rotatable bonds is 3. The second-order valence-electron chi connectivity index (χ2n) is 5.14. The van der Waals surface area contributed by atoms with Gasteiger partial charge >= 0.3 is 0 Å². The lowest BCUT2D eigenvalue weighted by molar-refractivity contribution is -0.126. The first-order chi connectivity index (χ1) is 10.5. The molecule has 2 N–H and O–H groups in total. The molecule has 114 valence electrons. The van der Waals surface area contributed by atoms with Gasteiger partial charge in [-0.3, -0.25) is 9.59 Å². The number of hydrogen-bond donors (Lipinski definition) is 2. The molecule has 0 aliphatic carbocycles. The lowest BCUT2D eigenvalue weighted by Gasteiger charge is -2.24. The van der Waals surface area contributed by atoms with Crippen LogP contribution in [0.4, 0.5) is 10.1 Å². The van der Waals surface area contributed by atoms with Crippen LogP contribution in [0.25, 0.3) is 0 Å². The third-order valence-corrected chi connectivity index (χ3v) is 4.42. The van der Waals surface area contributed by atoms with Crippen molar-refractivity contribution in [1.29, 1.82) is 0 Å². The Morgan fingerprint density at radius 2 is 2.36 bits per heavy atom. The number of hydrogen-bond acceptors (Lipinski definition) is 4. The highest BCUT2D eigenvalue weighted by atomic mass is 32.1. The number of thiazole rings is 1. The average Bonchev–Trinajstić information content (AvgIpc) is 2.89. The molecular formula is C15H14FN3O2S. The molecule has 1 aliphatic heterocycles. The second-order valence-corrected chi connectivity index (χ2v) is 6.08. The van der Waals surface area contributed by atoms with Gasteiger partial charge in [0.05, 0.1) is 12.5 Å². The maximum atomic E-state index is 13.3. The monoisotopic (exact) mass is 319 g/mol. The van der Waals surface area contributed by atoms with Gasteiger partial charge in [-0.25, -0.2) is 9.37 Å². The molecule has 7 heteroatoms. The van der Waals surface area contributed by atoms with Crippen molar-refractivity contribution < 1.29 is 14.0 Å². The Labute approximate surface area is 130 Å². The molecule has 0 saturated carbocycles. The summed E-state index contributed by atoms with van der Waals surface area (Å²) in [5.41, 5.74) is 1.91. The van der Waals surface area contributed by atoms with Crippen molar-refractivity contribution in [3.05, 3.63) is 45.7 Å². The number of aromatic nitrogens is 1. The summed E-state index contributed by atoms with van der Waals surface area (Å²) in [6, 6.07) is 4.07. The number of halogens is 1. The van der Waals surface area contributed by atoms with Crippen LogP contribution < -0.4 is 10.6 Å². The van der Waals surface area contributed by atoms with Crippen molar-refractivity contribution in [1.82, 2.24) is 10.3 Å². The fourth-order valence-electron chi connectivity index (χ4n) is 2.44. The van der Waals surface area contributed by atoms with Gasteiger partial charge in [0.15, 0.2) is 0 Å². The van der Waals surface area contributed by atoms with E-state index in [-0.39, 0.29) is 18.2 Å². The Balaban J connectivity index is 1.76. The third-order valence-electron chi connectivity index (χ3n) is 3.45. The molecule has 2 heterocycles. The zero-order valence-electron chi connectivity index (χ0n) is 11.9. The number of carbonyl (C=O) groups excluding carboxylic acids is 2. The summed E-state index contributed by atoms with van der Waals surface area (Å²) < 4.78 is 13.3. The molecule has 2 aromatic rings. The van der Waals surface area contributed by atoms with Crippen LogP contribution in [0, 0.1) is 12.7 Å². The van der Waals surface area contributed by atoms with Crippen LogP contribution in [0.2, 0.25) is 0 Å². The minimum atomic E-state index is -0.606. The molecule has 2 amide bonds. The highest BCUT2D eigenvalue weighted by molar-refractivity contribution is 7.09. The molecule has 0 saturated heterocycles. The first kappa shape index (κ1) is 14.6. The summed E-state index contributed by atoms with van der Waals surface area (Å²) in [5.74, 6) is -1.59. The van der Waals surface area contributed by atoms with Gasteiger partial charge in [-0.1, -0.05) is 6.07 Å². The van der Waals surface area contributed by atoms with Crippen LogP contribution in [-0.4, -0.2) is 16.8 Å². The summed E-state index contributed by atoms with van der Waals surface area (Å²) in [6.07, 6.45) is 0.0569. The van der Waals surface area contributed by atoms with Gasteiger partial charge in [0.2, 0.25) is 11.8 Å². The lowest BCUT2D eigenvalue weighted by Crippen LogP contribution is -2.34. The first-order valence-electron chi connectivity index (χ1n) is 6.81. The van der Waals surface area contributed by atoms with Gasteiger partial charge in [-0.05, 0) is 24.6 Å². The fourth-order valence-corrected chi connectivity index (χ4v) is 3.15. The maximum absolute atomic E-state index is 13.3. The van der Waals surface area contributed by atoms with Crippen molar-refractivity contribution in [2.45, 2.75) is 25.8 Å². The lowest BCUT2D eigenvalue weighted by atomic mass is 9.89. The fraction of sp³-hybridized carbons (Fsp3) is 0.267. The number of nitrogens with zero attached hydrogens (tertiary/aromatic N) is 1. The number of anilines is 1. The van der Waals surface area contributed by atoms with E-state index >= 15 is 0 Å². The highest BCUT2D eigenvalue weighted by Crippen LogP contribution is 2.32. The average molecular weight is 319 g/mol. The number of amides is 2. The maximum Gasteiger partial charge on any atom is 0.228 e. The number of benzene rings is 1. The predicted molar refractivity (Wildman–Crippen MR) is 81.1 cm³/mol. The molecule has 0 spiro atoms. The third kappa shape index (κ3) is 2.99. The van der Waals surface area contributed by atoms with Gasteiger partial charge in [0, 0.05) is 23.2 Å². The SMILES string of the molecule is Cc1csc(CNC(=O)[C@H]2CC(=O)Nc3cc(F)ccc32)n1. The van der Waals surface area contributed by atoms with Crippen molar-refractivity contribution in [2.75, 3.05) is 5.32 Å². The molecule has 0 radical (unpaired) electrons. The molecule has 0 unspecified atom stereocenters. The Morgan fingerprint density at radius 1 is 1.55 bits per heavy atom. The smallest absolute Gasteiger partial charge is 0.228 e. The van der Waals surface area contributed by atoms with E-state index in [4.69, 9.17) is 0 Å². The van der Waals surface area contributed by atoms with E-state index in [1.165, 1.54) is 23.5 Å². The van der Waals surface area contributed by atoms with Crippen LogP contribution >= 0.6 is 11.3 Å². The van der Waals surface area contributed by atoms with E-state index in [1.807, 2.05) is 12.3 Å². The van der Waals surface area contributed by atoms with Crippen LogP contribution in [-0.2, 0) is 16.1 Å². The van der Waals surface area contributed by atoms with Crippen molar-refractivity contribution >= 4 is 28.8 Å². The Kier molecular flexibility index (Phi) is 3.89. The van der Waals surface area contributed by atoms with Gasteiger partial charge in [-0.2, -0.15) is 0 Å². The molecule has 1 atom stereocenters. The molecule has 22 heavy (non-hydrogen) atoms. The van der Waals surface area contributed by atoms with Crippen LogP contribution in [0.15, 0.2) is 23.6 Å². The van der Waals surface area contributed by atoms with Gasteiger partial charge in [0.1, 0.15) is 10.8 Å². The second kappa shape index (κ2) is 5.84. The predicted octanol–water partition coefficient (Wildman–Crippen LogP) is 2.33. The molecular weight excluding hydrogens is 305 g/mol. The summed E-state index contributed by atoms with van der Waals surface area (Å²) in [5, 5.41) is 8.11. The number of nitrogens with one attached hydrogen (secondary N) is 2. The van der Waals surface area contributed by atoms with Crippen molar-refractivity contribution in [3.8, 4) is 0 Å². The number of aryl methyl sites for hydroxylation is 1. The van der Waals surface area contributed by atoms with E-state index in [9.17, 15) is 14.0 Å².